The number of rotatable bonds is 9. The first-order chi connectivity index (χ1) is 11.4. The topological polar surface area (TPSA) is 90.9 Å². The highest BCUT2D eigenvalue weighted by Crippen LogP contribution is 2.13. The number of nitrogens with one attached hydrogen (secondary N) is 1. The predicted molar refractivity (Wildman–Crippen MR) is 94.0 cm³/mol. The summed E-state index contributed by atoms with van der Waals surface area (Å²) < 4.78 is 15.2. The summed E-state index contributed by atoms with van der Waals surface area (Å²) in [5.41, 5.74) is -1.39. The van der Waals surface area contributed by atoms with Crippen LogP contribution < -0.4 is 5.32 Å². The maximum Gasteiger partial charge on any atom is 0.335 e. The maximum absolute atomic E-state index is 12.3. The number of hydrogen-bond acceptors (Lipinski definition) is 7. The van der Waals surface area contributed by atoms with Gasteiger partial charge in [-0.3, -0.25) is 10.1 Å². The fraction of sp³-hybridized carbons (Fsp3) is 0.833. The van der Waals surface area contributed by atoms with Crippen molar-refractivity contribution < 1.29 is 28.6 Å². The van der Waals surface area contributed by atoms with Crippen LogP contribution in [0.2, 0.25) is 0 Å². The highest BCUT2D eigenvalue weighted by atomic mass is 16.6. The third-order valence-electron chi connectivity index (χ3n) is 2.92. The first-order valence-corrected chi connectivity index (χ1v) is 8.61. The lowest BCUT2D eigenvalue weighted by molar-refractivity contribution is -0.170. The van der Waals surface area contributed by atoms with E-state index in [2.05, 4.69) is 10.1 Å². The molecule has 7 nitrogen and oxygen atoms in total. The smallest absolute Gasteiger partial charge is 0.335 e. The van der Waals surface area contributed by atoms with Gasteiger partial charge in [0.15, 0.2) is 0 Å². The zero-order valence-electron chi connectivity index (χ0n) is 16.6. The second-order valence-corrected chi connectivity index (χ2v) is 7.84. The fourth-order valence-electron chi connectivity index (χ4n) is 1.90. The summed E-state index contributed by atoms with van der Waals surface area (Å²) in [6.45, 7) is 10.9. The Labute approximate surface area is 150 Å². The quantitative estimate of drug-likeness (QED) is 0.292. The van der Waals surface area contributed by atoms with Gasteiger partial charge in [-0.2, -0.15) is 0 Å². The minimum Gasteiger partial charge on any atom is -0.469 e. The molecule has 0 bridgehead atoms. The molecule has 0 saturated carbocycles. The van der Waals surface area contributed by atoms with Gasteiger partial charge >= 0.3 is 17.9 Å². The van der Waals surface area contributed by atoms with E-state index in [1.807, 2.05) is 0 Å². The molecule has 0 amide bonds. The molecular formula is C18H33NO6. The average molecular weight is 359 g/mol. The van der Waals surface area contributed by atoms with Crippen LogP contribution in [0.4, 0.5) is 0 Å². The molecule has 0 heterocycles. The molecule has 0 aromatic carbocycles. The number of carbonyl (C=O) groups excluding carboxylic acids is 3. The molecule has 0 fully saturated rings. The van der Waals surface area contributed by atoms with Crippen LogP contribution in [-0.2, 0) is 28.6 Å². The van der Waals surface area contributed by atoms with E-state index >= 15 is 0 Å². The van der Waals surface area contributed by atoms with Crippen molar-refractivity contribution in [2.24, 2.45) is 0 Å². The van der Waals surface area contributed by atoms with Gasteiger partial charge < -0.3 is 14.2 Å². The molecule has 0 unspecified atom stereocenters. The number of carbonyl (C=O) groups is 3. The van der Waals surface area contributed by atoms with Crippen molar-refractivity contribution in [3.63, 3.8) is 0 Å². The predicted octanol–water partition coefficient (Wildman–Crippen LogP) is 2.36. The molecule has 0 aliphatic heterocycles. The van der Waals surface area contributed by atoms with Gasteiger partial charge in [0.05, 0.1) is 7.11 Å². The zero-order valence-corrected chi connectivity index (χ0v) is 16.6. The molecule has 1 N–H and O–H groups in total. The Bertz CT molecular complexity index is 419. The van der Waals surface area contributed by atoms with Crippen molar-refractivity contribution in [3.05, 3.63) is 0 Å². The Morgan fingerprint density at radius 1 is 0.840 bits per heavy atom. The molecule has 0 aromatic rings. The number of hydrogen-bond donors (Lipinski definition) is 1. The first kappa shape index (κ1) is 23.4. The summed E-state index contributed by atoms with van der Waals surface area (Å²) in [5.74, 6) is -1.55. The standard InChI is InChI=1S/C18H33NO6/c1-17(2,3)24-15(21)14(16(22)25-18(4,5)6)19-12-10-8-9-11-13(20)23-7/h14,19H,8-12H2,1-7H3. The monoisotopic (exact) mass is 359 g/mol. The van der Waals surface area contributed by atoms with Crippen LogP contribution in [-0.4, -0.2) is 48.8 Å². The van der Waals surface area contributed by atoms with Crippen LogP contribution >= 0.6 is 0 Å². The van der Waals surface area contributed by atoms with Crippen LogP contribution in [0, 0.1) is 0 Å². The summed E-state index contributed by atoms with van der Waals surface area (Å²) in [7, 11) is 1.36. The third kappa shape index (κ3) is 12.4. The highest BCUT2D eigenvalue weighted by Gasteiger charge is 2.34. The second kappa shape index (κ2) is 10.4. The van der Waals surface area contributed by atoms with Crippen molar-refractivity contribution in [2.75, 3.05) is 13.7 Å². The van der Waals surface area contributed by atoms with Crippen LogP contribution in [0.1, 0.15) is 67.2 Å². The van der Waals surface area contributed by atoms with E-state index in [0.717, 1.165) is 6.42 Å². The summed E-state index contributed by atoms with van der Waals surface area (Å²) in [5, 5.41) is 2.90. The first-order valence-electron chi connectivity index (χ1n) is 8.61. The lowest BCUT2D eigenvalue weighted by Gasteiger charge is -2.26. The molecule has 0 aliphatic carbocycles. The van der Waals surface area contributed by atoms with Crippen molar-refractivity contribution in [3.8, 4) is 0 Å². The van der Waals surface area contributed by atoms with Crippen molar-refractivity contribution >= 4 is 17.9 Å². The van der Waals surface area contributed by atoms with Crippen LogP contribution in [0.25, 0.3) is 0 Å². The number of esters is 3. The summed E-state index contributed by atoms with van der Waals surface area (Å²) in [6.07, 6.45) is 2.53. The van der Waals surface area contributed by atoms with E-state index in [1.54, 1.807) is 41.5 Å². The largest absolute Gasteiger partial charge is 0.469 e. The van der Waals surface area contributed by atoms with Gasteiger partial charge in [-0.15, -0.1) is 0 Å². The molecule has 25 heavy (non-hydrogen) atoms. The summed E-state index contributed by atoms with van der Waals surface area (Å²) >= 11 is 0. The van der Waals surface area contributed by atoms with Crippen LogP contribution in [0.3, 0.4) is 0 Å². The van der Waals surface area contributed by atoms with E-state index in [4.69, 9.17) is 9.47 Å². The minimum atomic E-state index is -1.17. The molecule has 7 heteroatoms. The van der Waals surface area contributed by atoms with Crippen LogP contribution in [0.15, 0.2) is 0 Å². The molecule has 0 aromatic heterocycles. The maximum atomic E-state index is 12.3. The van der Waals surface area contributed by atoms with E-state index in [9.17, 15) is 14.4 Å². The normalized spacial score (nSPS) is 12.0. The summed E-state index contributed by atoms with van der Waals surface area (Å²) in [6, 6.07) is -1.17. The van der Waals surface area contributed by atoms with Crippen molar-refractivity contribution in [1.29, 1.82) is 0 Å². The van der Waals surface area contributed by atoms with Gasteiger partial charge in [-0.05, 0) is 60.9 Å². The van der Waals surface area contributed by atoms with Crippen molar-refractivity contribution in [2.45, 2.75) is 84.5 Å². The second-order valence-electron chi connectivity index (χ2n) is 7.84. The number of methoxy groups -OCH3 is 1. The molecule has 146 valence electrons. The highest BCUT2D eigenvalue weighted by molar-refractivity contribution is 5.99. The third-order valence-corrected chi connectivity index (χ3v) is 2.92. The molecule has 0 atom stereocenters. The fourth-order valence-corrected chi connectivity index (χ4v) is 1.90. The molecule has 0 saturated heterocycles. The van der Waals surface area contributed by atoms with Gasteiger partial charge in [0, 0.05) is 6.42 Å². The van der Waals surface area contributed by atoms with Gasteiger partial charge in [0.2, 0.25) is 6.04 Å². The lowest BCUT2D eigenvalue weighted by atomic mass is 10.1. The van der Waals surface area contributed by atoms with Crippen molar-refractivity contribution in [1.82, 2.24) is 5.32 Å². The van der Waals surface area contributed by atoms with Gasteiger partial charge in [-0.25, -0.2) is 9.59 Å². The molecular weight excluding hydrogens is 326 g/mol. The molecule has 0 spiro atoms. The average Bonchev–Trinajstić information content (AvgIpc) is 2.41. The lowest BCUT2D eigenvalue weighted by Crippen LogP contribution is -2.49. The Kier molecular flexibility index (Phi) is 9.70. The molecule has 0 aliphatic rings. The Hall–Kier alpha value is -1.63. The molecule has 0 rings (SSSR count). The van der Waals surface area contributed by atoms with E-state index < -0.39 is 29.2 Å². The molecule has 0 radical (unpaired) electrons. The zero-order chi connectivity index (χ0) is 19.7. The Morgan fingerprint density at radius 3 is 1.72 bits per heavy atom. The number of unbranched alkanes of at least 4 members (excludes halogenated alkanes) is 2. The summed E-state index contributed by atoms with van der Waals surface area (Å²) in [4.78, 5) is 35.6. The Morgan fingerprint density at radius 2 is 1.32 bits per heavy atom. The number of ether oxygens (including phenoxy) is 3. The van der Waals surface area contributed by atoms with E-state index in [0.29, 0.717) is 25.8 Å². The van der Waals surface area contributed by atoms with E-state index in [1.165, 1.54) is 7.11 Å². The SMILES string of the molecule is COC(=O)CCCCCNC(C(=O)OC(C)(C)C)C(=O)OC(C)(C)C. The van der Waals surface area contributed by atoms with Gasteiger partial charge in [0.25, 0.3) is 0 Å². The van der Waals surface area contributed by atoms with Crippen LogP contribution in [0.5, 0.6) is 0 Å². The minimum absolute atomic E-state index is 0.242. The van der Waals surface area contributed by atoms with Gasteiger partial charge in [-0.1, -0.05) is 6.42 Å². The van der Waals surface area contributed by atoms with E-state index in [-0.39, 0.29) is 5.97 Å². The Balaban J connectivity index is 4.56. The van der Waals surface area contributed by atoms with Gasteiger partial charge in [0.1, 0.15) is 11.2 Å².